The Kier molecular flexibility index (Phi) is 6.46. The molecule has 15 heavy (non-hydrogen) atoms. The lowest BCUT2D eigenvalue weighted by Gasteiger charge is -2.31. The van der Waals surface area contributed by atoms with Crippen molar-refractivity contribution >= 4 is 0 Å². The molecule has 0 aromatic heterocycles. The average Bonchev–Trinajstić information content (AvgIpc) is 2.11. The van der Waals surface area contributed by atoms with E-state index >= 15 is 0 Å². The minimum absolute atomic E-state index is 0.371. The number of hydrogen-bond donors (Lipinski definition) is 2. The van der Waals surface area contributed by atoms with Gasteiger partial charge in [0.25, 0.3) is 0 Å². The van der Waals surface area contributed by atoms with Gasteiger partial charge in [-0.1, -0.05) is 41.5 Å². The van der Waals surface area contributed by atoms with Crippen molar-refractivity contribution in [1.82, 2.24) is 5.32 Å². The molecule has 3 N–H and O–H groups in total. The third-order valence-electron chi connectivity index (χ3n) is 3.80. The summed E-state index contributed by atoms with van der Waals surface area (Å²) in [6, 6.07) is 0. The van der Waals surface area contributed by atoms with Gasteiger partial charge in [0.15, 0.2) is 0 Å². The van der Waals surface area contributed by atoms with Gasteiger partial charge in [0.1, 0.15) is 0 Å². The molecule has 0 spiro atoms. The van der Waals surface area contributed by atoms with Crippen LogP contribution in [0.5, 0.6) is 0 Å². The van der Waals surface area contributed by atoms with Gasteiger partial charge in [0.2, 0.25) is 0 Å². The summed E-state index contributed by atoms with van der Waals surface area (Å²) in [4.78, 5) is 0. The van der Waals surface area contributed by atoms with Crippen LogP contribution in [0.1, 0.15) is 41.5 Å². The molecule has 92 valence electrons. The lowest BCUT2D eigenvalue weighted by molar-refractivity contribution is 0.228. The molecule has 0 amide bonds. The summed E-state index contributed by atoms with van der Waals surface area (Å²) in [6.07, 6.45) is 0. The first kappa shape index (κ1) is 14.9. The van der Waals surface area contributed by atoms with Crippen molar-refractivity contribution in [3.8, 4) is 0 Å². The fourth-order valence-corrected chi connectivity index (χ4v) is 1.38. The fourth-order valence-electron chi connectivity index (χ4n) is 1.38. The minimum atomic E-state index is 0.371. The number of hydrogen-bond acceptors (Lipinski definition) is 2. The number of nitrogens with two attached hydrogens (primary N) is 1. The van der Waals surface area contributed by atoms with E-state index in [-0.39, 0.29) is 0 Å². The van der Waals surface area contributed by atoms with Crippen LogP contribution >= 0.6 is 0 Å². The molecular formula is C13H30N2. The van der Waals surface area contributed by atoms with Crippen molar-refractivity contribution in [2.75, 3.05) is 19.6 Å². The first-order valence-corrected chi connectivity index (χ1v) is 6.22. The van der Waals surface area contributed by atoms with Crippen molar-refractivity contribution in [2.24, 2.45) is 28.9 Å². The van der Waals surface area contributed by atoms with Gasteiger partial charge in [-0.2, -0.15) is 0 Å². The van der Waals surface area contributed by atoms with Crippen molar-refractivity contribution in [3.63, 3.8) is 0 Å². The summed E-state index contributed by atoms with van der Waals surface area (Å²) in [5, 5.41) is 3.56. The van der Waals surface area contributed by atoms with Crippen molar-refractivity contribution in [2.45, 2.75) is 41.5 Å². The second-order valence-electron chi connectivity index (χ2n) is 6.01. The Morgan fingerprint density at radius 1 is 1.13 bits per heavy atom. The Balaban J connectivity index is 3.87. The first-order chi connectivity index (χ1) is 6.81. The topological polar surface area (TPSA) is 38.0 Å². The second kappa shape index (κ2) is 6.49. The van der Waals surface area contributed by atoms with Crippen LogP contribution in [-0.4, -0.2) is 19.6 Å². The molecule has 0 saturated carbocycles. The molecule has 0 fully saturated rings. The molecule has 0 aliphatic rings. The lowest BCUT2D eigenvalue weighted by atomic mass is 9.81. The van der Waals surface area contributed by atoms with Gasteiger partial charge >= 0.3 is 0 Å². The highest BCUT2D eigenvalue weighted by molar-refractivity contribution is 4.76. The highest BCUT2D eigenvalue weighted by atomic mass is 14.9. The van der Waals surface area contributed by atoms with Gasteiger partial charge in [-0.05, 0) is 36.3 Å². The van der Waals surface area contributed by atoms with Crippen LogP contribution in [0.4, 0.5) is 0 Å². The van der Waals surface area contributed by atoms with Crippen LogP contribution in [0.25, 0.3) is 0 Å². The summed E-state index contributed by atoms with van der Waals surface area (Å²) >= 11 is 0. The summed E-state index contributed by atoms with van der Waals surface area (Å²) < 4.78 is 0. The third-order valence-corrected chi connectivity index (χ3v) is 3.80. The van der Waals surface area contributed by atoms with Crippen LogP contribution in [0.2, 0.25) is 0 Å². The lowest BCUT2D eigenvalue weighted by Crippen LogP contribution is -2.38. The summed E-state index contributed by atoms with van der Waals surface area (Å²) in [5.41, 5.74) is 6.11. The average molecular weight is 214 g/mol. The zero-order chi connectivity index (χ0) is 12.1. The van der Waals surface area contributed by atoms with E-state index in [9.17, 15) is 0 Å². The van der Waals surface area contributed by atoms with E-state index in [1.165, 1.54) is 0 Å². The van der Waals surface area contributed by atoms with Crippen LogP contribution in [0.15, 0.2) is 0 Å². The highest BCUT2D eigenvalue weighted by Crippen LogP contribution is 2.24. The normalized spacial score (nSPS) is 15.0. The molecular weight excluding hydrogens is 184 g/mol. The SMILES string of the molecule is CC(C)C(CN)CNCC(C)(C)C(C)C. The van der Waals surface area contributed by atoms with E-state index in [0.717, 1.165) is 19.6 Å². The Morgan fingerprint density at radius 2 is 1.67 bits per heavy atom. The molecule has 2 nitrogen and oxygen atoms in total. The van der Waals surface area contributed by atoms with Gasteiger partial charge in [-0.3, -0.25) is 0 Å². The summed E-state index contributed by atoms with van der Waals surface area (Å²) in [6.45, 7) is 16.6. The minimum Gasteiger partial charge on any atom is -0.330 e. The van der Waals surface area contributed by atoms with Crippen molar-refractivity contribution < 1.29 is 0 Å². The van der Waals surface area contributed by atoms with Crippen LogP contribution in [0, 0.1) is 23.2 Å². The quantitative estimate of drug-likeness (QED) is 0.683. The molecule has 0 aliphatic carbocycles. The zero-order valence-electron chi connectivity index (χ0n) is 11.4. The Bertz CT molecular complexity index is 162. The van der Waals surface area contributed by atoms with E-state index in [1.807, 2.05) is 0 Å². The largest absolute Gasteiger partial charge is 0.330 e. The zero-order valence-corrected chi connectivity index (χ0v) is 11.4. The molecule has 0 bridgehead atoms. The van der Waals surface area contributed by atoms with Crippen molar-refractivity contribution in [1.29, 1.82) is 0 Å². The van der Waals surface area contributed by atoms with Crippen LogP contribution in [0.3, 0.4) is 0 Å². The molecule has 1 unspecified atom stereocenters. The van der Waals surface area contributed by atoms with Crippen LogP contribution in [-0.2, 0) is 0 Å². The number of nitrogens with one attached hydrogen (secondary N) is 1. The van der Waals surface area contributed by atoms with Gasteiger partial charge in [0.05, 0.1) is 0 Å². The molecule has 1 atom stereocenters. The van der Waals surface area contributed by atoms with Gasteiger partial charge in [0, 0.05) is 6.54 Å². The Morgan fingerprint density at radius 3 is 2.00 bits per heavy atom. The molecule has 0 rings (SSSR count). The molecule has 0 radical (unpaired) electrons. The molecule has 0 heterocycles. The Labute approximate surface area is 96.0 Å². The van der Waals surface area contributed by atoms with Gasteiger partial charge in [-0.15, -0.1) is 0 Å². The third kappa shape index (κ3) is 5.53. The monoisotopic (exact) mass is 214 g/mol. The maximum absolute atomic E-state index is 5.74. The summed E-state index contributed by atoms with van der Waals surface area (Å²) in [5.74, 6) is 1.98. The standard InChI is InChI=1S/C13H30N2/c1-10(2)12(7-14)8-15-9-13(5,6)11(3)4/h10-12,15H,7-9,14H2,1-6H3. The van der Waals surface area contributed by atoms with E-state index in [2.05, 4.69) is 46.9 Å². The molecule has 2 heteroatoms. The first-order valence-electron chi connectivity index (χ1n) is 6.22. The maximum atomic E-state index is 5.74. The van der Waals surface area contributed by atoms with E-state index in [4.69, 9.17) is 5.73 Å². The number of rotatable bonds is 7. The fraction of sp³-hybridized carbons (Fsp3) is 1.00. The molecule has 0 saturated heterocycles. The van der Waals surface area contributed by atoms with Gasteiger partial charge in [-0.25, -0.2) is 0 Å². The van der Waals surface area contributed by atoms with E-state index < -0.39 is 0 Å². The molecule has 0 aromatic rings. The molecule has 0 aliphatic heterocycles. The van der Waals surface area contributed by atoms with Gasteiger partial charge < -0.3 is 11.1 Å². The van der Waals surface area contributed by atoms with E-state index in [0.29, 0.717) is 23.2 Å². The van der Waals surface area contributed by atoms with E-state index in [1.54, 1.807) is 0 Å². The summed E-state index contributed by atoms with van der Waals surface area (Å²) in [7, 11) is 0. The van der Waals surface area contributed by atoms with Crippen molar-refractivity contribution in [3.05, 3.63) is 0 Å². The highest BCUT2D eigenvalue weighted by Gasteiger charge is 2.22. The second-order valence-corrected chi connectivity index (χ2v) is 6.01. The molecule has 0 aromatic carbocycles. The smallest absolute Gasteiger partial charge is 0.000509 e. The Hall–Kier alpha value is -0.0800. The maximum Gasteiger partial charge on any atom is 0.000509 e. The predicted octanol–water partition coefficient (Wildman–Crippen LogP) is 2.49. The van der Waals surface area contributed by atoms with Crippen LogP contribution < -0.4 is 11.1 Å². The predicted molar refractivity (Wildman–Crippen MR) is 68.9 cm³/mol.